The summed E-state index contributed by atoms with van der Waals surface area (Å²) in [6.07, 6.45) is 0.938. The Bertz CT molecular complexity index is 932. The number of carbonyl (C=O) groups is 1. The zero-order chi connectivity index (χ0) is 18.0. The molecule has 1 saturated heterocycles. The molecule has 0 unspecified atom stereocenters. The molecule has 0 saturated carbocycles. The van der Waals surface area contributed by atoms with Crippen LogP contribution < -0.4 is 4.90 Å². The molecule has 26 heavy (non-hydrogen) atoms. The van der Waals surface area contributed by atoms with Gasteiger partial charge in [-0.3, -0.25) is 0 Å². The molecular weight excluding hydrogens is 355 g/mol. The fraction of sp³-hybridized carbons (Fsp3) is 0.350. The zero-order valence-electron chi connectivity index (χ0n) is 14.1. The highest BCUT2D eigenvalue weighted by Gasteiger charge is 2.45. The van der Waals surface area contributed by atoms with Crippen molar-refractivity contribution in [2.75, 3.05) is 24.5 Å². The minimum absolute atomic E-state index is 0.157. The van der Waals surface area contributed by atoms with Crippen LogP contribution in [0.15, 0.2) is 30.3 Å². The maximum atomic E-state index is 14.5. The summed E-state index contributed by atoms with van der Waals surface area (Å²) in [6.45, 7) is 2.05. The number of carboxylic acid groups (broad SMARTS) is 1. The molecule has 0 spiro atoms. The monoisotopic (exact) mass is 372 g/mol. The van der Waals surface area contributed by atoms with Crippen molar-refractivity contribution in [1.82, 2.24) is 4.90 Å². The highest BCUT2D eigenvalue weighted by Crippen LogP contribution is 2.50. The first-order valence-corrected chi connectivity index (χ1v) is 9.27. The Labute approximate surface area is 155 Å². The molecule has 2 aromatic carbocycles. The van der Waals surface area contributed by atoms with Gasteiger partial charge >= 0.3 is 6.09 Å². The summed E-state index contributed by atoms with van der Waals surface area (Å²) in [4.78, 5) is 15.4. The second-order valence-corrected chi connectivity index (χ2v) is 7.77. The molecule has 0 aromatic heterocycles. The van der Waals surface area contributed by atoms with Crippen molar-refractivity contribution in [2.24, 2.45) is 0 Å². The quantitative estimate of drug-likeness (QED) is 0.809. The average Bonchev–Trinajstić information content (AvgIpc) is 3.17. The van der Waals surface area contributed by atoms with E-state index in [1.807, 2.05) is 0 Å². The van der Waals surface area contributed by atoms with Crippen LogP contribution in [0.3, 0.4) is 0 Å². The summed E-state index contributed by atoms with van der Waals surface area (Å²) in [5, 5.41) is 9.77. The third kappa shape index (κ3) is 2.23. The highest BCUT2D eigenvalue weighted by molar-refractivity contribution is 6.30. The van der Waals surface area contributed by atoms with Crippen LogP contribution in [0.25, 0.3) is 11.1 Å². The number of likely N-dealkylation sites (tertiary alicyclic amines) is 1. The van der Waals surface area contributed by atoms with Gasteiger partial charge in [0, 0.05) is 47.9 Å². The van der Waals surface area contributed by atoms with E-state index in [2.05, 4.69) is 17.0 Å². The third-order valence-corrected chi connectivity index (χ3v) is 6.25. The van der Waals surface area contributed by atoms with Crippen molar-refractivity contribution in [3.05, 3.63) is 52.3 Å². The number of piperidine rings is 1. The normalized spacial score (nSPS) is 23.2. The molecule has 0 radical (unpaired) electrons. The number of hydrogen-bond acceptors (Lipinski definition) is 2. The number of anilines is 1. The van der Waals surface area contributed by atoms with Crippen LogP contribution >= 0.6 is 11.6 Å². The Kier molecular flexibility index (Phi) is 3.44. The fourth-order valence-electron chi connectivity index (χ4n) is 4.90. The Hall–Kier alpha value is -2.27. The lowest BCUT2D eigenvalue weighted by molar-refractivity contribution is 0.127. The summed E-state index contributed by atoms with van der Waals surface area (Å²) in [7, 11) is 0. The van der Waals surface area contributed by atoms with Gasteiger partial charge in [0.1, 0.15) is 5.82 Å². The third-order valence-electron chi connectivity index (χ3n) is 6.02. The molecule has 1 N–H and O–H groups in total. The molecule has 134 valence electrons. The largest absolute Gasteiger partial charge is 0.465 e. The Morgan fingerprint density at radius 3 is 2.85 bits per heavy atom. The molecule has 0 aliphatic carbocycles. The van der Waals surface area contributed by atoms with E-state index < -0.39 is 6.09 Å². The second kappa shape index (κ2) is 5.61. The lowest BCUT2D eigenvalue weighted by atomic mass is 9.86. The number of hydrogen-bond donors (Lipinski definition) is 1. The summed E-state index contributed by atoms with van der Waals surface area (Å²) in [5.41, 5.74) is 5.05. The molecule has 1 fully saturated rings. The Morgan fingerprint density at radius 1 is 1.23 bits per heavy atom. The Morgan fingerprint density at radius 2 is 2.08 bits per heavy atom. The topological polar surface area (TPSA) is 43.8 Å². The van der Waals surface area contributed by atoms with E-state index in [9.17, 15) is 14.3 Å². The van der Waals surface area contributed by atoms with Gasteiger partial charge in [0.2, 0.25) is 0 Å². The maximum absolute atomic E-state index is 14.5. The van der Waals surface area contributed by atoms with Crippen molar-refractivity contribution in [2.45, 2.75) is 24.8 Å². The zero-order valence-corrected chi connectivity index (χ0v) is 14.8. The fourth-order valence-corrected chi connectivity index (χ4v) is 5.06. The van der Waals surface area contributed by atoms with E-state index in [1.54, 1.807) is 12.1 Å². The van der Waals surface area contributed by atoms with Gasteiger partial charge in [0.05, 0.1) is 0 Å². The molecule has 6 heteroatoms. The van der Waals surface area contributed by atoms with Crippen molar-refractivity contribution in [3.63, 3.8) is 0 Å². The summed E-state index contributed by atoms with van der Waals surface area (Å²) in [6, 6.07) is 9.25. The van der Waals surface area contributed by atoms with E-state index in [1.165, 1.54) is 27.8 Å². The van der Waals surface area contributed by atoms with Crippen LogP contribution in [0, 0.1) is 5.82 Å². The molecule has 3 aliphatic rings. The summed E-state index contributed by atoms with van der Waals surface area (Å²) >= 11 is 5.89. The van der Waals surface area contributed by atoms with Crippen LogP contribution in [0.1, 0.15) is 23.5 Å². The van der Waals surface area contributed by atoms with Gasteiger partial charge in [-0.15, -0.1) is 0 Å². The van der Waals surface area contributed by atoms with E-state index >= 15 is 0 Å². The molecular formula is C20H18ClFN2O2. The first-order chi connectivity index (χ1) is 12.5. The van der Waals surface area contributed by atoms with Crippen LogP contribution in [0.5, 0.6) is 0 Å². The molecule has 2 aromatic rings. The first-order valence-electron chi connectivity index (χ1n) is 8.89. The number of benzene rings is 2. The SMILES string of the molecule is O=C(O)N1CC[C@H]2[C@@H](C1)c1cc(-c3ccc(Cl)cc3F)cc3c1N2CC3. The molecule has 3 aliphatic heterocycles. The van der Waals surface area contributed by atoms with E-state index in [-0.39, 0.29) is 11.7 Å². The smallest absolute Gasteiger partial charge is 0.407 e. The van der Waals surface area contributed by atoms with Crippen molar-refractivity contribution in [3.8, 4) is 11.1 Å². The average molecular weight is 373 g/mol. The predicted molar refractivity (Wildman–Crippen MR) is 98.6 cm³/mol. The molecule has 5 rings (SSSR count). The van der Waals surface area contributed by atoms with Crippen LogP contribution in [-0.2, 0) is 6.42 Å². The van der Waals surface area contributed by atoms with Crippen LogP contribution in [0.2, 0.25) is 5.02 Å². The lowest BCUT2D eigenvalue weighted by Crippen LogP contribution is -2.47. The van der Waals surface area contributed by atoms with Gasteiger partial charge in [-0.2, -0.15) is 0 Å². The molecule has 2 atom stereocenters. The van der Waals surface area contributed by atoms with Gasteiger partial charge in [-0.25, -0.2) is 9.18 Å². The van der Waals surface area contributed by atoms with Gasteiger partial charge in [-0.1, -0.05) is 11.6 Å². The molecule has 1 amide bonds. The highest BCUT2D eigenvalue weighted by atomic mass is 35.5. The van der Waals surface area contributed by atoms with E-state index in [4.69, 9.17) is 11.6 Å². The standard InChI is InChI=1S/C20H18ClFN2O2/c21-13-1-2-14(17(22)9-13)12-7-11-3-6-24-18-4-5-23(20(25)26)10-16(18)15(8-12)19(11)24/h1-2,7-9,16,18H,3-6,10H2,(H,25,26)/t16-,18-/m0/s1. The number of nitrogens with zero attached hydrogens (tertiary/aromatic N) is 2. The first kappa shape index (κ1) is 15.9. The number of rotatable bonds is 1. The molecule has 3 heterocycles. The number of amides is 1. The van der Waals surface area contributed by atoms with Gasteiger partial charge in [0.25, 0.3) is 0 Å². The number of fused-ring (bicyclic) bond motifs is 3. The van der Waals surface area contributed by atoms with Crippen molar-refractivity contribution < 1.29 is 14.3 Å². The Balaban J connectivity index is 1.62. The molecule has 4 nitrogen and oxygen atoms in total. The summed E-state index contributed by atoms with van der Waals surface area (Å²) in [5.74, 6) is -0.172. The summed E-state index contributed by atoms with van der Waals surface area (Å²) < 4.78 is 14.5. The lowest BCUT2D eigenvalue weighted by Gasteiger charge is -2.37. The van der Waals surface area contributed by atoms with Gasteiger partial charge in [-0.05, 0) is 59.9 Å². The molecule has 0 bridgehead atoms. The maximum Gasteiger partial charge on any atom is 0.407 e. The van der Waals surface area contributed by atoms with E-state index in [0.29, 0.717) is 29.7 Å². The van der Waals surface area contributed by atoms with Crippen molar-refractivity contribution >= 4 is 23.4 Å². The predicted octanol–water partition coefficient (Wildman–Crippen LogP) is 4.36. The van der Waals surface area contributed by atoms with E-state index in [0.717, 1.165) is 24.9 Å². The van der Waals surface area contributed by atoms with Crippen LogP contribution in [0.4, 0.5) is 14.9 Å². The number of halogens is 2. The van der Waals surface area contributed by atoms with Gasteiger partial charge < -0.3 is 14.9 Å². The minimum Gasteiger partial charge on any atom is -0.465 e. The second-order valence-electron chi connectivity index (χ2n) is 7.33. The minimum atomic E-state index is -0.861. The van der Waals surface area contributed by atoms with Gasteiger partial charge in [0.15, 0.2) is 0 Å². The van der Waals surface area contributed by atoms with Crippen molar-refractivity contribution in [1.29, 1.82) is 0 Å². The van der Waals surface area contributed by atoms with Crippen LogP contribution in [-0.4, -0.2) is 41.8 Å².